The van der Waals surface area contributed by atoms with Gasteiger partial charge in [-0.2, -0.15) is 0 Å². The molecule has 1 aromatic carbocycles. The minimum atomic E-state index is -0.799. The van der Waals surface area contributed by atoms with E-state index in [9.17, 15) is 9.59 Å². The molecular weight excluding hydrogens is 282 g/mol. The van der Waals surface area contributed by atoms with Crippen molar-refractivity contribution < 1.29 is 19.4 Å². The fourth-order valence-corrected chi connectivity index (χ4v) is 2.13. The van der Waals surface area contributed by atoms with Crippen LogP contribution in [-0.4, -0.2) is 29.3 Å². The van der Waals surface area contributed by atoms with Crippen LogP contribution in [0.2, 0.25) is 0 Å². The largest absolute Gasteiger partial charge is 0.481 e. The maximum Gasteiger partial charge on any atom is 0.407 e. The first-order valence-electron chi connectivity index (χ1n) is 7.51. The van der Waals surface area contributed by atoms with E-state index in [1.807, 2.05) is 51.1 Å². The average Bonchev–Trinajstić information content (AvgIpc) is 2.41. The summed E-state index contributed by atoms with van der Waals surface area (Å²) in [5, 5.41) is 11.5. The number of ether oxygens (including phenoxy) is 1. The molecule has 0 aromatic heterocycles. The van der Waals surface area contributed by atoms with Crippen LogP contribution >= 0.6 is 0 Å². The maximum atomic E-state index is 11.7. The topological polar surface area (TPSA) is 75.6 Å². The Morgan fingerprint density at radius 1 is 1.23 bits per heavy atom. The highest BCUT2D eigenvalue weighted by molar-refractivity contribution is 5.67. The predicted molar refractivity (Wildman–Crippen MR) is 84.9 cm³/mol. The Balaban J connectivity index is 2.58. The Kier molecular flexibility index (Phi) is 6.89. The number of rotatable bonds is 7. The van der Waals surface area contributed by atoms with Crippen LogP contribution in [0.15, 0.2) is 30.3 Å². The fourth-order valence-electron chi connectivity index (χ4n) is 2.13. The van der Waals surface area contributed by atoms with Gasteiger partial charge >= 0.3 is 12.1 Å². The minimum Gasteiger partial charge on any atom is -0.481 e. The Hall–Kier alpha value is -2.04. The molecule has 0 aliphatic heterocycles. The second-order valence-electron chi connectivity index (χ2n) is 6.28. The van der Waals surface area contributed by atoms with E-state index in [0.29, 0.717) is 19.4 Å². The zero-order chi connectivity index (χ0) is 16.6. The molecule has 1 amide bonds. The molecule has 0 fully saturated rings. The Morgan fingerprint density at radius 3 is 2.41 bits per heavy atom. The average molecular weight is 307 g/mol. The van der Waals surface area contributed by atoms with Gasteiger partial charge in [-0.3, -0.25) is 4.79 Å². The van der Waals surface area contributed by atoms with Crippen molar-refractivity contribution in [1.82, 2.24) is 5.32 Å². The summed E-state index contributed by atoms with van der Waals surface area (Å²) in [7, 11) is 0. The van der Waals surface area contributed by atoms with Crippen molar-refractivity contribution in [3.63, 3.8) is 0 Å². The van der Waals surface area contributed by atoms with Crippen molar-refractivity contribution in [3.05, 3.63) is 35.9 Å². The lowest BCUT2D eigenvalue weighted by Crippen LogP contribution is -2.34. The maximum absolute atomic E-state index is 11.7. The highest BCUT2D eigenvalue weighted by Crippen LogP contribution is 2.21. The lowest BCUT2D eigenvalue weighted by atomic mass is 9.93. The van der Waals surface area contributed by atoms with E-state index >= 15 is 0 Å². The van der Waals surface area contributed by atoms with E-state index in [4.69, 9.17) is 9.84 Å². The van der Waals surface area contributed by atoms with Crippen LogP contribution < -0.4 is 5.32 Å². The summed E-state index contributed by atoms with van der Waals surface area (Å²) in [5.74, 6) is -0.722. The van der Waals surface area contributed by atoms with Crippen molar-refractivity contribution in [3.8, 4) is 0 Å². The molecule has 0 saturated carbocycles. The molecule has 0 bridgehead atoms. The van der Waals surface area contributed by atoms with Gasteiger partial charge in [0, 0.05) is 18.9 Å². The van der Waals surface area contributed by atoms with Gasteiger partial charge in [-0.1, -0.05) is 30.3 Å². The van der Waals surface area contributed by atoms with E-state index in [-0.39, 0.29) is 12.3 Å². The van der Waals surface area contributed by atoms with E-state index < -0.39 is 17.7 Å². The summed E-state index contributed by atoms with van der Waals surface area (Å²) in [5.41, 5.74) is 0.555. The van der Waals surface area contributed by atoms with Crippen molar-refractivity contribution >= 4 is 12.1 Å². The number of nitrogens with one attached hydrogen (secondary N) is 1. The number of hydrogen-bond donors (Lipinski definition) is 2. The van der Waals surface area contributed by atoms with E-state index in [0.717, 1.165) is 5.56 Å². The van der Waals surface area contributed by atoms with Crippen molar-refractivity contribution in [1.29, 1.82) is 0 Å². The zero-order valence-corrected chi connectivity index (χ0v) is 13.5. The van der Waals surface area contributed by atoms with Gasteiger partial charge in [-0.15, -0.1) is 0 Å². The minimum absolute atomic E-state index is 0.0769. The van der Waals surface area contributed by atoms with Crippen LogP contribution in [0, 0.1) is 0 Å². The van der Waals surface area contributed by atoms with Gasteiger partial charge in [-0.25, -0.2) is 4.79 Å². The van der Waals surface area contributed by atoms with Crippen molar-refractivity contribution in [2.45, 2.75) is 51.6 Å². The predicted octanol–water partition coefficient (Wildman–Crippen LogP) is 3.55. The molecular formula is C17H25NO4. The molecule has 5 nitrogen and oxygen atoms in total. The standard InChI is InChI=1S/C17H25NO4/c1-17(2,3)22-16(21)18-12-14(10-7-11-15(19)20)13-8-5-4-6-9-13/h4-6,8-9,14H,7,10-12H2,1-3H3,(H,18,21)(H,19,20). The van der Waals surface area contributed by atoms with Gasteiger partial charge in [0.15, 0.2) is 0 Å². The molecule has 122 valence electrons. The molecule has 5 heteroatoms. The van der Waals surface area contributed by atoms with Crippen LogP contribution in [0.3, 0.4) is 0 Å². The third-order valence-corrected chi connectivity index (χ3v) is 3.11. The number of alkyl carbamates (subject to hydrolysis) is 1. The lowest BCUT2D eigenvalue weighted by Gasteiger charge is -2.22. The second-order valence-corrected chi connectivity index (χ2v) is 6.28. The molecule has 0 aliphatic carbocycles. The van der Waals surface area contributed by atoms with E-state index in [2.05, 4.69) is 5.32 Å². The van der Waals surface area contributed by atoms with E-state index in [1.54, 1.807) is 0 Å². The van der Waals surface area contributed by atoms with Crippen LogP contribution in [-0.2, 0) is 9.53 Å². The van der Waals surface area contributed by atoms with Crippen molar-refractivity contribution in [2.75, 3.05) is 6.54 Å². The first-order valence-corrected chi connectivity index (χ1v) is 7.51. The Bertz CT molecular complexity index is 479. The molecule has 0 spiro atoms. The summed E-state index contributed by atoms with van der Waals surface area (Å²) in [6.45, 7) is 5.87. The smallest absolute Gasteiger partial charge is 0.407 e. The third-order valence-electron chi connectivity index (χ3n) is 3.11. The molecule has 0 aliphatic rings. The number of benzene rings is 1. The van der Waals surface area contributed by atoms with Crippen LogP contribution in [0.5, 0.6) is 0 Å². The lowest BCUT2D eigenvalue weighted by molar-refractivity contribution is -0.137. The molecule has 1 aromatic rings. The molecule has 0 radical (unpaired) electrons. The second kappa shape index (κ2) is 8.41. The van der Waals surface area contributed by atoms with Gasteiger partial charge < -0.3 is 15.2 Å². The number of carbonyl (C=O) groups excluding carboxylic acids is 1. The summed E-state index contributed by atoms with van der Waals surface area (Å²) < 4.78 is 5.22. The van der Waals surface area contributed by atoms with E-state index in [1.165, 1.54) is 0 Å². The van der Waals surface area contributed by atoms with Gasteiger partial charge in [0.05, 0.1) is 0 Å². The summed E-state index contributed by atoms with van der Waals surface area (Å²) in [6.07, 6.45) is 0.957. The third kappa shape index (κ3) is 7.67. The zero-order valence-electron chi connectivity index (χ0n) is 13.5. The fraction of sp³-hybridized carbons (Fsp3) is 0.529. The number of hydrogen-bond acceptors (Lipinski definition) is 3. The molecule has 1 unspecified atom stereocenters. The van der Waals surface area contributed by atoms with Crippen LogP contribution in [0.25, 0.3) is 0 Å². The van der Waals surface area contributed by atoms with Crippen LogP contribution in [0.1, 0.15) is 51.5 Å². The number of amides is 1. The molecule has 1 rings (SSSR count). The Labute approximate surface area is 131 Å². The molecule has 2 N–H and O–H groups in total. The molecule has 1 atom stereocenters. The van der Waals surface area contributed by atoms with Crippen LogP contribution in [0.4, 0.5) is 4.79 Å². The number of carboxylic acid groups (broad SMARTS) is 1. The molecule has 22 heavy (non-hydrogen) atoms. The van der Waals surface area contributed by atoms with Gasteiger partial charge in [-0.05, 0) is 39.2 Å². The van der Waals surface area contributed by atoms with Gasteiger partial charge in [0.2, 0.25) is 0 Å². The van der Waals surface area contributed by atoms with Gasteiger partial charge in [0.1, 0.15) is 5.60 Å². The summed E-state index contributed by atoms with van der Waals surface area (Å²) in [4.78, 5) is 22.4. The molecule has 0 saturated heterocycles. The number of carbonyl (C=O) groups is 2. The highest BCUT2D eigenvalue weighted by atomic mass is 16.6. The molecule has 0 heterocycles. The number of carboxylic acids is 1. The SMILES string of the molecule is CC(C)(C)OC(=O)NCC(CCCC(=O)O)c1ccccc1. The van der Waals surface area contributed by atoms with Gasteiger partial charge in [0.25, 0.3) is 0 Å². The first kappa shape index (κ1) is 18.0. The Morgan fingerprint density at radius 2 is 1.86 bits per heavy atom. The highest BCUT2D eigenvalue weighted by Gasteiger charge is 2.18. The summed E-state index contributed by atoms with van der Waals surface area (Å²) in [6, 6.07) is 9.78. The normalized spacial score (nSPS) is 12.5. The quantitative estimate of drug-likeness (QED) is 0.807. The number of aliphatic carboxylic acids is 1. The summed E-state index contributed by atoms with van der Waals surface area (Å²) >= 11 is 0. The monoisotopic (exact) mass is 307 g/mol. The first-order chi connectivity index (χ1) is 10.3. The van der Waals surface area contributed by atoms with Crippen molar-refractivity contribution in [2.24, 2.45) is 0 Å².